The largest absolute Gasteiger partial charge is 0.483 e. The lowest BCUT2D eigenvalue weighted by atomic mass is 9.83. The van der Waals surface area contributed by atoms with Crippen LogP contribution in [0.3, 0.4) is 0 Å². The van der Waals surface area contributed by atoms with Crippen molar-refractivity contribution in [2.75, 3.05) is 9.80 Å². The number of hydrogen-bond acceptors (Lipinski definition) is 5. The van der Waals surface area contributed by atoms with Crippen molar-refractivity contribution in [1.29, 1.82) is 5.26 Å². The van der Waals surface area contributed by atoms with Crippen molar-refractivity contribution in [3.63, 3.8) is 0 Å². The maximum Gasteiger partial charge on any atom is 0.187 e. The van der Waals surface area contributed by atoms with E-state index in [-0.39, 0.29) is 23.9 Å². The first-order valence-corrected chi connectivity index (χ1v) is 22.7. The maximum absolute atomic E-state index is 9.90. The van der Waals surface area contributed by atoms with Gasteiger partial charge in [-0.3, -0.25) is 0 Å². The summed E-state index contributed by atoms with van der Waals surface area (Å²) in [5.41, 5.74) is 12.4. The van der Waals surface area contributed by atoms with Gasteiger partial charge in [0.25, 0.3) is 0 Å². The third-order valence-corrected chi connectivity index (χ3v) is 13.8. The lowest BCUT2D eigenvalue weighted by Crippen LogP contribution is -2.32. The molecule has 10 aromatic rings. The van der Waals surface area contributed by atoms with E-state index in [1.165, 1.54) is 38.2 Å². The predicted molar refractivity (Wildman–Crippen MR) is 271 cm³/mol. The number of nitrogens with zero attached hydrogens (tertiary/aromatic N) is 4. The lowest BCUT2D eigenvalue weighted by Gasteiger charge is -2.35. The zero-order chi connectivity index (χ0) is 44.8. The molecule has 0 spiro atoms. The van der Waals surface area contributed by atoms with Gasteiger partial charge in [-0.1, -0.05) is 125 Å². The molecule has 0 radical (unpaired) electrons. The Morgan fingerprint density at radius 1 is 0.606 bits per heavy atom. The predicted octanol–water partition coefficient (Wildman–Crippen LogP) is 16.8. The zero-order valence-electron chi connectivity index (χ0n) is 37.1. The Hall–Kier alpha value is -8.32. The number of hydrogen-bond donors (Lipinski definition) is 0. The third-order valence-electron chi connectivity index (χ3n) is 13.8. The summed E-state index contributed by atoms with van der Waals surface area (Å²) in [6.07, 6.45) is 6.36. The van der Waals surface area contributed by atoms with E-state index in [0.29, 0.717) is 11.3 Å². The van der Waals surface area contributed by atoms with Gasteiger partial charge in [-0.15, -0.1) is 0 Å². The molecule has 0 amide bonds. The highest BCUT2D eigenvalue weighted by Crippen LogP contribution is 2.53. The normalized spacial score (nSPS) is 15.4. The molecule has 0 fully saturated rings. The number of allylic oxidation sites excluding steroid dienone is 2. The first-order chi connectivity index (χ1) is 32.3. The van der Waals surface area contributed by atoms with Gasteiger partial charge in [0.2, 0.25) is 0 Å². The molecular weight excluding hydrogens is 809 g/mol. The standard InChI is InChI=1S/C60H44N4O2/c1-35(2)49-32-53(63(39-24-20-37(34-61)21-25-39)51-16-10-14-45-41-12-6-8-18-55(41)65-59(45)51)47-30-28-44-50(36(3)4)33-54(48-31-29-43(49)57(47)58(44)48)64(40-26-22-38(62-5)23-27-40)52-17-11-15-46-42-13-7-9-19-56(42)66-60(46)52/h6-33,35-36,45,59H,1-4H3. The number of nitriles is 1. The Labute approximate surface area is 383 Å². The van der Waals surface area contributed by atoms with Crippen molar-refractivity contribution in [3.8, 4) is 11.8 Å². The first kappa shape index (κ1) is 39.3. The molecule has 6 nitrogen and oxygen atoms in total. The monoisotopic (exact) mass is 852 g/mol. The molecule has 0 saturated heterocycles. The second-order valence-electron chi connectivity index (χ2n) is 18.1. The molecule has 9 aromatic carbocycles. The molecule has 12 rings (SSSR count). The highest BCUT2D eigenvalue weighted by molar-refractivity contribution is 6.29. The summed E-state index contributed by atoms with van der Waals surface area (Å²) in [6.45, 7) is 16.9. The molecule has 66 heavy (non-hydrogen) atoms. The fourth-order valence-electron chi connectivity index (χ4n) is 10.7. The number of furan rings is 1. The fourth-order valence-corrected chi connectivity index (χ4v) is 10.7. The third kappa shape index (κ3) is 5.92. The second-order valence-corrected chi connectivity index (χ2v) is 18.1. The quantitative estimate of drug-likeness (QED) is 0.113. The van der Waals surface area contributed by atoms with E-state index in [0.717, 1.165) is 72.6 Å². The minimum absolute atomic E-state index is 0.0497. The summed E-state index contributed by atoms with van der Waals surface area (Å²) in [4.78, 5) is 8.46. The number of benzene rings is 9. The number of fused-ring (bicyclic) bond motifs is 6. The Bertz CT molecular complexity index is 3730. The Morgan fingerprint density at radius 2 is 1.21 bits per heavy atom. The van der Waals surface area contributed by atoms with Crippen molar-refractivity contribution in [3.05, 3.63) is 209 Å². The number of para-hydroxylation sites is 3. The Kier molecular flexibility index (Phi) is 9.02. The van der Waals surface area contributed by atoms with Crippen LogP contribution in [0.1, 0.15) is 67.7 Å². The van der Waals surface area contributed by atoms with E-state index in [2.05, 4.69) is 176 Å². The molecule has 1 aromatic heterocycles. The van der Waals surface area contributed by atoms with Crippen LogP contribution in [0.5, 0.6) is 5.75 Å². The van der Waals surface area contributed by atoms with Crippen molar-refractivity contribution in [2.45, 2.75) is 51.6 Å². The van der Waals surface area contributed by atoms with Crippen molar-refractivity contribution in [1.82, 2.24) is 0 Å². The summed E-state index contributed by atoms with van der Waals surface area (Å²) < 4.78 is 13.7. The van der Waals surface area contributed by atoms with Gasteiger partial charge in [0.05, 0.1) is 41.0 Å². The van der Waals surface area contributed by atoms with Crippen molar-refractivity contribution in [2.24, 2.45) is 0 Å². The highest BCUT2D eigenvalue weighted by Gasteiger charge is 2.40. The average Bonchev–Trinajstić information content (AvgIpc) is 3.94. The van der Waals surface area contributed by atoms with Gasteiger partial charge in [-0.05, 0) is 117 Å². The van der Waals surface area contributed by atoms with E-state index >= 15 is 0 Å². The fraction of sp³-hybridized carbons (Fsp3) is 0.133. The van der Waals surface area contributed by atoms with Gasteiger partial charge in [-0.25, -0.2) is 4.85 Å². The van der Waals surface area contributed by atoms with E-state index in [9.17, 15) is 5.26 Å². The van der Waals surface area contributed by atoms with Crippen LogP contribution in [0.2, 0.25) is 0 Å². The minimum atomic E-state index is -0.257. The summed E-state index contributed by atoms with van der Waals surface area (Å²) in [5, 5.41) is 19.1. The topological polar surface area (TPSA) is 57.0 Å². The number of ether oxygens (including phenoxy) is 1. The summed E-state index contributed by atoms with van der Waals surface area (Å²) in [5.74, 6) is 1.35. The van der Waals surface area contributed by atoms with Crippen molar-refractivity contribution >= 4 is 88.4 Å². The van der Waals surface area contributed by atoms with Gasteiger partial charge < -0.3 is 19.0 Å². The van der Waals surface area contributed by atoms with Gasteiger partial charge in [0, 0.05) is 44.4 Å². The molecule has 0 bridgehead atoms. The summed E-state index contributed by atoms with van der Waals surface area (Å²) in [7, 11) is 0. The van der Waals surface area contributed by atoms with Gasteiger partial charge in [0.15, 0.2) is 11.3 Å². The molecule has 2 unspecified atom stereocenters. The van der Waals surface area contributed by atoms with Crippen LogP contribution in [0.25, 0.3) is 59.1 Å². The number of rotatable bonds is 8. The zero-order valence-corrected chi connectivity index (χ0v) is 37.1. The smallest absolute Gasteiger partial charge is 0.187 e. The van der Waals surface area contributed by atoms with E-state index in [1.54, 1.807) is 0 Å². The molecule has 1 aliphatic carbocycles. The Morgan fingerprint density at radius 3 is 1.89 bits per heavy atom. The van der Waals surface area contributed by atoms with Crippen LogP contribution >= 0.6 is 0 Å². The number of anilines is 5. The maximum atomic E-state index is 9.90. The van der Waals surface area contributed by atoms with Crippen molar-refractivity contribution < 1.29 is 9.15 Å². The molecule has 2 heterocycles. The van der Waals surface area contributed by atoms with Crippen LogP contribution in [-0.2, 0) is 0 Å². The van der Waals surface area contributed by atoms with E-state index in [4.69, 9.17) is 15.7 Å². The molecule has 316 valence electrons. The average molecular weight is 853 g/mol. The van der Waals surface area contributed by atoms with E-state index < -0.39 is 0 Å². The summed E-state index contributed by atoms with van der Waals surface area (Å²) in [6, 6.07) is 55.2. The molecule has 2 atom stereocenters. The molecular formula is C60H44N4O2. The van der Waals surface area contributed by atoms with E-state index in [1.807, 2.05) is 42.5 Å². The first-order valence-electron chi connectivity index (χ1n) is 22.7. The van der Waals surface area contributed by atoms with Crippen LogP contribution < -0.4 is 14.5 Å². The van der Waals surface area contributed by atoms with Crippen LogP contribution in [0, 0.1) is 17.9 Å². The second kappa shape index (κ2) is 15.2. The van der Waals surface area contributed by atoms with Gasteiger partial charge >= 0.3 is 0 Å². The lowest BCUT2D eigenvalue weighted by molar-refractivity contribution is 0.253. The Balaban J connectivity index is 1.17. The van der Waals surface area contributed by atoms with Crippen LogP contribution in [0.4, 0.5) is 34.1 Å². The van der Waals surface area contributed by atoms with Gasteiger partial charge in [0.1, 0.15) is 17.4 Å². The van der Waals surface area contributed by atoms with Gasteiger partial charge in [-0.2, -0.15) is 5.26 Å². The molecule has 2 aliphatic rings. The minimum Gasteiger partial charge on any atom is -0.483 e. The molecule has 6 heteroatoms. The SMILES string of the molecule is [C-]#[N+]c1ccc(N(c2cc(C(C)C)c3ccc4c(N(C5=CC=CC6c7ccccc7OC56)c5ccc(C#N)cc5)cc(C(C)C)c5ccc2c3c54)c2cccc3c2oc2ccccc23)cc1. The van der Waals surface area contributed by atoms with Crippen LogP contribution in [0.15, 0.2) is 180 Å². The highest BCUT2D eigenvalue weighted by atomic mass is 16.5. The summed E-state index contributed by atoms with van der Waals surface area (Å²) >= 11 is 0. The molecule has 0 N–H and O–H groups in total. The molecule has 0 saturated carbocycles. The van der Waals surface area contributed by atoms with Crippen LogP contribution in [-0.4, -0.2) is 6.10 Å². The molecule has 1 aliphatic heterocycles.